The minimum atomic E-state index is 0. The van der Waals surface area contributed by atoms with E-state index in [9.17, 15) is 0 Å². The monoisotopic (exact) mass is 278 g/mol. The normalized spacial score (nSPS) is 18.4. The van der Waals surface area contributed by atoms with Crippen LogP contribution >= 0.6 is 12.4 Å². The predicted octanol–water partition coefficient (Wildman–Crippen LogP) is 1.81. The van der Waals surface area contributed by atoms with Crippen molar-refractivity contribution in [3.05, 3.63) is 23.8 Å². The lowest BCUT2D eigenvalue weighted by Gasteiger charge is -2.29. The van der Waals surface area contributed by atoms with Crippen molar-refractivity contribution < 1.29 is 0 Å². The standard InChI is InChI=1S/C14H18N4.ClH/c1-3-11-4-2-8-18-13(11)12(5-1)16-14(18)17-9-6-15-7-10-17;/h1,3,5,15H,2,4,6-10H2;1H. The molecule has 19 heavy (non-hydrogen) atoms. The van der Waals surface area contributed by atoms with Gasteiger partial charge in [-0.3, -0.25) is 0 Å². The summed E-state index contributed by atoms with van der Waals surface area (Å²) in [6.45, 7) is 5.39. The summed E-state index contributed by atoms with van der Waals surface area (Å²) < 4.78 is 2.43. The van der Waals surface area contributed by atoms with E-state index in [2.05, 4.69) is 33.0 Å². The van der Waals surface area contributed by atoms with Gasteiger partial charge >= 0.3 is 0 Å². The van der Waals surface area contributed by atoms with Gasteiger partial charge in [0.25, 0.3) is 0 Å². The Hall–Kier alpha value is -1.26. The molecule has 1 aromatic carbocycles. The van der Waals surface area contributed by atoms with Crippen molar-refractivity contribution in [2.45, 2.75) is 19.4 Å². The van der Waals surface area contributed by atoms with Gasteiger partial charge in [0.2, 0.25) is 5.95 Å². The summed E-state index contributed by atoms with van der Waals surface area (Å²) in [6.07, 6.45) is 2.44. The molecule has 3 heterocycles. The van der Waals surface area contributed by atoms with Crippen LogP contribution in [0.1, 0.15) is 12.0 Å². The third kappa shape index (κ3) is 1.99. The number of imidazole rings is 1. The minimum absolute atomic E-state index is 0. The summed E-state index contributed by atoms with van der Waals surface area (Å²) >= 11 is 0. The second-order valence-electron chi connectivity index (χ2n) is 5.19. The number of nitrogens with one attached hydrogen (secondary N) is 1. The third-order valence-corrected chi connectivity index (χ3v) is 4.06. The Morgan fingerprint density at radius 2 is 1.95 bits per heavy atom. The van der Waals surface area contributed by atoms with E-state index in [1.165, 1.54) is 35.4 Å². The summed E-state index contributed by atoms with van der Waals surface area (Å²) in [5.41, 5.74) is 4.01. The Bertz CT molecular complexity index is 586. The van der Waals surface area contributed by atoms with Gasteiger partial charge in [0.05, 0.1) is 11.0 Å². The molecule has 0 amide bonds. The molecule has 0 radical (unpaired) electrons. The number of benzene rings is 1. The quantitative estimate of drug-likeness (QED) is 0.864. The molecule has 5 heteroatoms. The molecule has 2 aliphatic rings. The zero-order chi connectivity index (χ0) is 11.9. The summed E-state index contributed by atoms with van der Waals surface area (Å²) in [4.78, 5) is 7.29. The van der Waals surface area contributed by atoms with Crippen LogP contribution in [0.5, 0.6) is 0 Å². The fraction of sp³-hybridized carbons (Fsp3) is 0.500. The van der Waals surface area contributed by atoms with E-state index < -0.39 is 0 Å². The van der Waals surface area contributed by atoms with E-state index in [0.717, 1.165) is 32.7 Å². The van der Waals surface area contributed by atoms with Gasteiger partial charge in [-0.15, -0.1) is 12.4 Å². The number of nitrogens with zero attached hydrogens (tertiary/aromatic N) is 3. The lowest BCUT2D eigenvalue weighted by atomic mass is 10.0. The van der Waals surface area contributed by atoms with Gasteiger partial charge in [0, 0.05) is 32.7 Å². The number of piperazine rings is 1. The zero-order valence-corrected chi connectivity index (χ0v) is 11.7. The molecule has 1 N–H and O–H groups in total. The van der Waals surface area contributed by atoms with Gasteiger partial charge in [0.15, 0.2) is 0 Å². The summed E-state index contributed by atoms with van der Waals surface area (Å²) in [7, 11) is 0. The average Bonchev–Trinajstić information content (AvgIpc) is 2.82. The SMILES string of the molecule is Cl.c1cc2c3c(c1)nc(N1CCNCC1)n3CCC2. The van der Waals surface area contributed by atoms with Crippen LogP contribution in [0, 0.1) is 0 Å². The largest absolute Gasteiger partial charge is 0.340 e. The van der Waals surface area contributed by atoms with Crippen LogP contribution in [0.15, 0.2) is 18.2 Å². The molecule has 0 aliphatic carbocycles. The first-order valence-electron chi connectivity index (χ1n) is 6.87. The first-order valence-corrected chi connectivity index (χ1v) is 6.87. The van der Waals surface area contributed by atoms with Crippen molar-refractivity contribution in [3.8, 4) is 0 Å². The number of halogens is 1. The zero-order valence-electron chi connectivity index (χ0n) is 10.9. The molecule has 0 unspecified atom stereocenters. The highest BCUT2D eigenvalue weighted by Gasteiger charge is 2.22. The summed E-state index contributed by atoms with van der Waals surface area (Å²) in [5, 5.41) is 3.40. The topological polar surface area (TPSA) is 33.1 Å². The van der Waals surface area contributed by atoms with Crippen LogP contribution in [0.25, 0.3) is 11.0 Å². The highest BCUT2D eigenvalue weighted by molar-refractivity contribution is 5.85. The highest BCUT2D eigenvalue weighted by Crippen LogP contribution is 2.30. The van der Waals surface area contributed by atoms with Gasteiger partial charge in [0.1, 0.15) is 0 Å². The smallest absolute Gasteiger partial charge is 0.206 e. The van der Waals surface area contributed by atoms with Crippen LogP contribution in [0.3, 0.4) is 0 Å². The second-order valence-corrected chi connectivity index (χ2v) is 5.19. The number of aromatic nitrogens is 2. The van der Waals surface area contributed by atoms with Crippen LogP contribution in [-0.2, 0) is 13.0 Å². The molecule has 2 aromatic rings. The number of anilines is 1. The lowest BCUT2D eigenvalue weighted by molar-refractivity contribution is 0.556. The molecule has 4 nitrogen and oxygen atoms in total. The molecule has 1 saturated heterocycles. The summed E-state index contributed by atoms with van der Waals surface area (Å²) in [6, 6.07) is 6.54. The van der Waals surface area contributed by atoms with Crippen LogP contribution < -0.4 is 10.2 Å². The first-order chi connectivity index (χ1) is 8.93. The van der Waals surface area contributed by atoms with Crippen LogP contribution in [0.2, 0.25) is 0 Å². The maximum absolute atomic E-state index is 4.87. The molecule has 1 aromatic heterocycles. The molecule has 0 saturated carbocycles. The molecule has 0 atom stereocenters. The van der Waals surface area contributed by atoms with Crippen molar-refractivity contribution in [3.63, 3.8) is 0 Å². The van der Waals surface area contributed by atoms with E-state index in [1.54, 1.807) is 0 Å². The molecule has 102 valence electrons. The average molecular weight is 279 g/mol. The maximum atomic E-state index is 4.87. The highest BCUT2D eigenvalue weighted by atomic mass is 35.5. The lowest BCUT2D eigenvalue weighted by Crippen LogP contribution is -2.44. The summed E-state index contributed by atoms with van der Waals surface area (Å²) in [5.74, 6) is 1.18. The molecule has 2 aliphatic heterocycles. The molecule has 4 rings (SSSR count). The fourth-order valence-corrected chi connectivity index (χ4v) is 3.20. The third-order valence-electron chi connectivity index (χ3n) is 4.06. The predicted molar refractivity (Wildman–Crippen MR) is 80.4 cm³/mol. The molecule has 0 spiro atoms. The van der Waals surface area contributed by atoms with E-state index in [0.29, 0.717) is 0 Å². The van der Waals surface area contributed by atoms with Gasteiger partial charge in [-0.1, -0.05) is 12.1 Å². The molecular weight excluding hydrogens is 260 g/mol. The van der Waals surface area contributed by atoms with Gasteiger partial charge in [-0.2, -0.15) is 0 Å². The second kappa shape index (κ2) is 5.02. The van der Waals surface area contributed by atoms with Crippen molar-refractivity contribution in [2.24, 2.45) is 0 Å². The number of hydrogen-bond acceptors (Lipinski definition) is 3. The number of aryl methyl sites for hydroxylation is 2. The minimum Gasteiger partial charge on any atom is -0.340 e. The Morgan fingerprint density at radius 1 is 1.11 bits per heavy atom. The van der Waals surface area contributed by atoms with Crippen molar-refractivity contribution >= 4 is 29.4 Å². The number of para-hydroxylation sites is 1. The number of hydrogen-bond donors (Lipinski definition) is 1. The van der Waals surface area contributed by atoms with Crippen molar-refractivity contribution in [1.29, 1.82) is 0 Å². The van der Waals surface area contributed by atoms with Crippen molar-refractivity contribution in [1.82, 2.24) is 14.9 Å². The first kappa shape index (κ1) is 12.8. The van der Waals surface area contributed by atoms with Gasteiger partial charge in [-0.05, 0) is 24.5 Å². The molecular formula is C14H19ClN4. The van der Waals surface area contributed by atoms with Gasteiger partial charge in [-0.25, -0.2) is 4.98 Å². The Morgan fingerprint density at radius 3 is 2.79 bits per heavy atom. The van der Waals surface area contributed by atoms with E-state index in [1.807, 2.05) is 0 Å². The van der Waals surface area contributed by atoms with Gasteiger partial charge < -0.3 is 14.8 Å². The molecule has 0 bridgehead atoms. The van der Waals surface area contributed by atoms with Crippen LogP contribution in [0.4, 0.5) is 5.95 Å². The Labute approximate surface area is 119 Å². The van der Waals surface area contributed by atoms with E-state index in [4.69, 9.17) is 4.98 Å². The Balaban J connectivity index is 0.00000110. The molecule has 1 fully saturated rings. The maximum Gasteiger partial charge on any atom is 0.206 e. The Kier molecular flexibility index (Phi) is 3.37. The van der Waals surface area contributed by atoms with E-state index >= 15 is 0 Å². The van der Waals surface area contributed by atoms with Crippen molar-refractivity contribution in [2.75, 3.05) is 31.1 Å². The number of rotatable bonds is 1. The fourth-order valence-electron chi connectivity index (χ4n) is 3.20. The van der Waals surface area contributed by atoms with Crippen LogP contribution in [-0.4, -0.2) is 35.7 Å². The van der Waals surface area contributed by atoms with E-state index in [-0.39, 0.29) is 12.4 Å².